The Morgan fingerprint density at radius 3 is 2.68 bits per heavy atom. The highest BCUT2D eigenvalue weighted by molar-refractivity contribution is 8.00. The summed E-state index contributed by atoms with van der Waals surface area (Å²) in [4.78, 5) is 23.3. The second-order valence-electron chi connectivity index (χ2n) is 3.98. The predicted octanol–water partition coefficient (Wildman–Crippen LogP) is 1.37. The van der Waals surface area contributed by atoms with E-state index in [1.54, 1.807) is 6.07 Å². The lowest BCUT2D eigenvalue weighted by Crippen LogP contribution is -2.14. The molecule has 5 nitrogen and oxygen atoms in total. The van der Waals surface area contributed by atoms with E-state index in [4.69, 9.17) is 10.8 Å². The van der Waals surface area contributed by atoms with E-state index < -0.39 is 5.91 Å². The third-order valence-electron chi connectivity index (χ3n) is 2.34. The van der Waals surface area contributed by atoms with Gasteiger partial charge in [0.1, 0.15) is 0 Å². The molecular formula is C13H18N2O3S. The van der Waals surface area contributed by atoms with Crippen LogP contribution in [0.3, 0.4) is 0 Å². The van der Waals surface area contributed by atoms with Crippen molar-refractivity contribution in [3.63, 3.8) is 0 Å². The molecule has 0 aliphatic rings. The van der Waals surface area contributed by atoms with Gasteiger partial charge < -0.3 is 16.2 Å². The molecule has 4 N–H and O–H groups in total. The van der Waals surface area contributed by atoms with Crippen molar-refractivity contribution in [3.8, 4) is 0 Å². The van der Waals surface area contributed by atoms with Crippen LogP contribution in [-0.4, -0.2) is 29.3 Å². The fourth-order valence-corrected chi connectivity index (χ4v) is 2.20. The van der Waals surface area contributed by atoms with Gasteiger partial charge in [-0.2, -0.15) is 0 Å². The fourth-order valence-electron chi connectivity index (χ4n) is 1.45. The van der Waals surface area contributed by atoms with Crippen molar-refractivity contribution in [3.05, 3.63) is 24.3 Å². The molecule has 0 bridgehead atoms. The van der Waals surface area contributed by atoms with Crippen molar-refractivity contribution in [2.24, 2.45) is 5.73 Å². The quantitative estimate of drug-likeness (QED) is 0.496. The molecule has 1 aromatic rings. The first-order valence-corrected chi connectivity index (χ1v) is 7.03. The first-order chi connectivity index (χ1) is 9.13. The Morgan fingerprint density at radius 2 is 2.00 bits per heavy atom. The number of primary amides is 1. The normalized spacial score (nSPS) is 10.2. The van der Waals surface area contributed by atoms with Gasteiger partial charge in [-0.25, -0.2) is 0 Å². The van der Waals surface area contributed by atoms with Gasteiger partial charge in [0.2, 0.25) is 11.8 Å². The van der Waals surface area contributed by atoms with Gasteiger partial charge in [0.25, 0.3) is 0 Å². The minimum Gasteiger partial charge on any atom is -0.396 e. The molecule has 2 amide bonds. The number of carbonyl (C=O) groups is 2. The Hall–Kier alpha value is -1.53. The van der Waals surface area contributed by atoms with Gasteiger partial charge >= 0.3 is 0 Å². The maximum atomic E-state index is 11.7. The molecule has 0 radical (unpaired) electrons. The van der Waals surface area contributed by atoms with Crippen LogP contribution in [0.2, 0.25) is 0 Å². The monoisotopic (exact) mass is 282 g/mol. The fraction of sp³-hybridized carbons (Fsp3) is 0.385. The largest absolute Gasteiger partial charge is 0.396 e. The van der Waals surface area contributed by atoms with E-state index in [1.807, 2.05) is 18.2 Å². The number of thioether (sulfide) groups is 1. The van der Waals surface area contributed by atoms with E-state index in [2.05, 4.69) is 5.32 Å². The van der Waals surface area contributed by atoms with Gasteiger partial charge in [0.05, 0.1) is 11.4 Å². The molecular weight excluding hydrogens is 264 g/mol. The molecule has 0 aliphatic heterocycles. The molecule has 6 heteroatoms. The number of nitrogens with one attached hydrogen (secondary N) is 1. The Bertz CT molecular complexity index is 438. The highest BCUT2D eigenvalue weighted by Crippen LogP contribution is 2.26. The smallest absolute Gasteiger partial charge is 0.227 e. The van der Waals surface area contributed by atoms with Gasteiger partial charge in [-0.05, 0) is 25.0 Å². The van der Waals surface area contributed by atoms with Crippen LogP contribution >= 0.6 is 11.8 Å². The number of hydrogen-bond acceptors (Lipinski definition) is 4. The minimum absolute atomic E-state index is 0.0956. The average molecular weight is 282 g/mol. The molecule has 1 aromatic carbocycles. The lowest BCUT2D eigenvalue weighted by atomic mass is 10.2. The second-order valence-corrected chi connectivity index (χ2v) is 5.00. The predicted molar refractivity (Wildman–Crippen MR) is 75.9 cm³/mol. The molecule has 0 heterocycles. The van der Waals surface area contributed by atoms with Crippen molar-refractivity contribution < 1.29 is 14.7 Å². The van der Waals surface area contributed by atoms with Gasteiger partial charge in [-0.1, -0.05) is 12.1 Å². The van der Waals surface area contributed by atoms with Crippen molar-refractivity contribution >= 4 is 29.3 Å². The van der Waals surface area contributed by atoms with E-state index in [-0.39, 0.29) is 18.3 Å². The number of benzene rings is 1. The van der Waals surface area contributed by atoms with Crippen LogP contribution in [0, 0.1) is 0 Å². The van der Waals surface area contributed by atoms with E-state index in [9.17, 15) is 9.59 Å². The van der Waals surface area contributed by atoms with Crippen LogP contribution in [0.4, 0.5) is 5.69 Å². The average Bonchev–Trinajstić information content (AvgIpc) is 2.38. The third kappa shape index (κ3) is 6.26. The van der Waals surface area contributed by atoms with Crippen LogP contribution in [0.1, 0.15) is 19.3 Å². The summed E-state index contributed by atoms with van der Waals surface area (Å²) in [5.41, 5.74) is 5.78. The summed E-state index contributed by atoms with van der Waals surface area (Å²) in [6, 6.07) is 7.27. The second kappa shape index (κ2) is 8.55. The topological polar surface area (TPSA) is 92.4 Å². The number of para-hydroxylation sites is 1. The van der Waals surface area contributed by atoms with Crippen LogP contribution in [0.25, 0.3) is 0 Å². The van der Waals surface area contributed by atoms with Crippen LogP contribution in [0.15, 0.2) is 29.2 Å². The number of nitrogens with two attached hydrogens (primary N) is 1. The highest BCUT2D eigenvalue weighted by Gasteiger charge is 2.07. The van der Waals surface area contributed by atoms with Gasteiger partial charge in [0.15, 0.2) is 0 Å². The first-order valence-electron chi connectivity index (χ1n) is 6.04. The van der Waals surface area contributed by atoms with Gasteiger partial charge in [0, 0.05) is 17.9 Å². The summed E-state index contributed by atoms with van der Waals surface area (Å²) in [5.74, 6) is -0.313. The van der Waals surface area contributed by atoms with Crippen molar-refractivity contribution in [1.82, 2.24) is 0 Å². The first kappa shape index (κ1) is 15.5. The molecule has 0 fully saturated rings. The van der Waals surface area contributed by atoms with E-state index in [1.165, 1.54) is 11.8 Å². The van der Waals surface area contributed by atoms with Gasteiger partial charge in [-0.3, -0.25) is 9.59 Å². The molecule has 104 valence electrons. The minimum atomic E-state index is -0.394. The van der Waals surface area contributed by atoms with Crippen LogP contribution in [-0.2, 0) is 9.59 Å². The number of amides is 2. The lowest BCUT2D eigenvalue weighted by Gasteiger charge is -2.09. The Morgan fingerprint density at radius 1 is 1.26 bits per heavy atom. The van der Waals surface area contributed by atoms with Crippen molar-refractivity contribution in [2.45, 2.75) is 24.2 Å². The zero-order valence-corrected chi connectivity index (χ0v) is 11.4. The summed E-state index contributed by atoms with van der Waals surface area (Å²) in [6.07, 6.45) is 1.64. The molecule has 0 aromatic heterocycles. The Labute approximate surface area is 116 Å². The molecule has 0 saturated carbocycles. The SMILES string of the molecule is NC(=O)CSc1ccccc1NC(=O)CCCCO. The number of anilines is 1. The molecule has 19 heavy (non-hydrogen) atoms. The molecule has 0 atom stereocenters. The molecule has 0 saturated heterocycles. The van der Waals surface area contributed by atoms with Crippen LogP contribution < -0.4 is 11.1 Å². The number of aliphatic hydroxyl groups excluding tert-OH is 1. The van der Waals surface area contributed by atoms with Crippen molar-refractivity contribution in [2.75, 3.05) is 17.7 Å². The number of unbranched alkanes of at least 4 members (excludes halogenated alkanes) is 1. The lowest BCUT2D eigenvalue weighted by molar-refractivity contribution is -0.116. The zero-order chi connectivity index (χ0) is 14.1. The number of aliphatic hydroxyl groups is 1. The van der Waals surface area contributed by atoms with E-state index in [0.717, 1.165) is 4.90 Å². The van der Waals surface area contributed by atoms with Crippen molar-refractivity contribution in [1.29, 1.82) is 0 Å². The Kier molecular flexibility index (Phi) is 6.99. The zero-order valence-electron chi connectivity index (χ0n) is 10.6. The highest BCUT2D eigenvalue weighted by atomic mass is 32.2. The maximum absolute atomic E-state index is 11.7. The number of rotatable bonds is 8. The molecule has 0 unspecified atom stereocenters. The van der Waals surface area contributed by atoms with E-state index in [0.29, 0.717) is 24.9 Å². The Balaban J connectivity index is 2.56. The molecule has 1 rings (SSSR count). The summed E-state index contributed by atoms with van der Waals surface area (Å²) >= 11 is 1.30. The standard InChI is InChI=1S/C13H18N2O3S/c14-12(17)9-19-11-6-2-1-5-10(11)15-13(18)7-3-4-8-16/h1-2,5-6,16H,3-4,7-9H2,(H2,14,17)(H,15,18). The summed E-state index contributed by atoms with van der Waals surface area (Å²) in [7, 11) is 0. The summed E-state index contributed by atoms with van der Waals surface area (Å²) in [6.45, 7) is 0.0956. The van der Waals surface area contributed by atoms with Crippen LogP contribution in [0.5, 0.6) is 0 Å². The summed E-state index contributed by atoms with van der Waals surface area (Å²) in [5, 5.41) is 11.5. The number of hydrogen-bond donors (Lipinski definition) is 3. The molecule has 0 aliphatic carbocycles. The maximum Gasteiger partial charge on any atom is 0.227 e. The third-order valence-corrected chi connectivity index (χ3v) is 3.44. The van der Waals surface area contributed by atoms with Gasteiger partial charge in [-0.15, -0.1) is 11.8 Å². The summed E-state index contributed by atoms with van der Waals surface area (Å²) < 4.78 is 0. The van der Waals surface area contributed by atoms with E-state index >= 15 is 0 Å². The number of carbonyl (C=O) groups excluding carboxylic acids is 2. The molecule has 0 spiro atoms.